The number of nitrogens with one attached hydrogen (secondary N) is 1. The highest BCUT2D eigenvalue weighted by Gasteiger charge is 2.35. The number of urea groups is 1. The molecule has 1 aromatic heterocycles. The molecule has 28 heavy (non-hydrogen) atoms. The van der Waals surface area contributed by atoms with Gasteiger partial charge in [-0.15, -0.1) is 0 Å². The molecular formula is C21H24N4O3. The molecule has 7 nitrogen and oxygen atoms in total. The van der Waals surface area contributed by atoms with Crippen molar-refractivity contribution in [3.05, 3.63) is 59.7 Å². The van der Waals surface area contributed by atoms with E-state index in [4.69, 9.17) is 9.37 Å². The first-order valence-electron chi connectivity index (χ1n) is 9.50. The van der Waals surface area contributed by atoms with Gasteiger partial charge in [0.25, 0.3) is 0 Å². The number of amides is 2. The minimum atomic E-state index is -0.0971. The minimum Gasteiger partial charge on any atom is -0.381 e. The zero-order valence-electron chi connectivity index (χ0n) is 15.9. The average Bonchev–Trinajstić information content (AvgIpc) is 3.21. The van der Waals surface area contributed by atoms with Crippen molar-refractivity contribution in [3.63, 3.8) is 0 Å². The van der Waals surface area contributed by atoms with Gasteiger partial charge in [-0.1, -0.05) is 36.4 Å². The summed E-state index contributed by atoms with van der Waals surface area (Å²) >= 11 is 0. The first-order chi connectivity index (χ1) is 13.7. The summed E-state index contributed by atoms with van der Waals surface area (Å²) in [5, 5.41) is 10.8. The van der Waals surface area contributed by atoms with E-state index >= 15 is 0 Å². The van der Waals surface area contributed by atoms with Crippen LogP contribution in [0.1, 0.15) is 24.0 Å². The van der Waals surface area contributed by atoms with E-state index in [9.17, 15) is 4.79 Å². The zero-order valence-corrected chi connectivity index (χ0v) is 15.9. The number of aromatic nitrogens is 2. The maximum atomic E-state index is 12.7. The predicted octanol–water partition coefficient (Wildman–Crippen LogP) is 3.11. The Morgan fingerprint density at radius 3 is 2.64 bits per heavy atom. The van der Waals surface area contributed by atoms with Crippen molar-refractivity contribution in [1.82, 2.24) is 20.5 Å². The Labute approximate surface area is 163 Å². The molecule has 0 radical (unpaired) electrons. The Morgan fingerprint density at radius 2 is 1.86 bits per heavy atom. The van der Waals surface area contributed by atoms with Gasteiger partial charge >= 0.3 is 6.03 Å². The second kappa shape index (κ2) is 7.98. The van der Waals surface area contributed by atoms with Crippen LogP contribution in [0.5, 0.6) is 0 Å². The molecule has 2 amide bonds. The van der Waals surface area contributed by atoms with Crippen molar-refractivity contribution in [3.8, 4) is 0 Å². The molecule has 3 aromatic rings. The standard InChI is InChI=1S/C21H24N4O3/c1-25(14-16-7-8-18-19(13-16)24-28-23-18)20(26)22-15-21(9-11-27-12-10-21)17-5-3-2-4-6-17/h2-8,13H,9-12,14-15H2,1H3,(H,22,26). The van der Waals surface area contributed by atoms with Crippen LogP contribution in [-0.2, 0) is 16.7 Å². The van der Waals surface area contributed by atoms with Crippen molar-refractivity contribution in [2.75, 3.05) is 26.8 Å². The lowest BCUT2D eigenvalue weighted by Gasteiger charge is -2.38. The molecule has 1 aliphatic heterocycles. The van der Waals surface area contributed by atoms with Crippen molar-refractivity contribution < 1.29 is 14.2 Å². The van der Waals surface area contributed by atoms with E-state index in [1.165, 1.54) is 5.56 Å². The van der Waals surface area contributed by atoms with Crippen LogP contribution in [-0.4, -0.2) is 48.1 Å². The maximum Gasteiger partial charge on any atom is 0.317 e. The van der Waals surface area contributed by atoms with E-state index in [2.05, 4.69) is 39.9 Å². The van der Waals surface area contributed by atoms with Gasteiger partial charge in [-0.25, -0.2) is 9.42 Å². The van der Waals surface area contributed by atoms with E-state index in [1.54, 1.807) is 11.9 Å². The van der Waals surface area contributed by atoms with E-state index in [0.717, 1.165) is 18.4 Å². The van der Waals surface area contributed by atoms with Gasteiger partial charge in [-0.2, -0.15) is 0 Å². The Balaban J connectivity index is 1.41. The topological polar surface area (TPSA) is 80.5 Å². The van der Waals surface area contributed by atoms with Crippen molar-refractivity contribution in [2.45, 2.75) is 24.8 Å². The third-order valence-corrected chi connectivity index (χ3v) is 5.50. The van der Waals surface area contributed by atoms with Crippen LogP contribution >= 0.6 is 0 Å². The summed E-state index contributed by atoms with van der Waals surface area (Å²) in [7, 11) is 1.79. The predicted molar refractivity (Wildman–Crippen MR) is 105 cm³/mol. The molecule has 0 aliphatic carbocycles. The fraction of sp³-hybridized carbons (Fsp3) is 0.381. The summed E-state index contributed by atoms with van der Waals surface area (Å²) in [6.45, 7) is 2.50. The van der Waals surface area contributed by atoms with Gasteiger partial charge < -0.3 is 15.0 Å². The lowest BCUT2D eigenvalue weighted by atomic mass is 9.74. The highest BCUT2D eigenvalue weighted by molar-refractivity contribution is 5.75. The average molecular weight is 380 g/mol. The minimum absolute atomic E-state index is 0.0820. The maximum absolute atomic E-state index is 12.7. The van der Waals surface area contributed by atoms with Gasteiger partial charge in [0, 0.05) is 38.8 Å². The third kappa shape index (κ3) is 3.84. The fourth-order valence-corrected chi connectivity index (χ4v) is 3.77. The number of ether oxygens (including phenoxy) is 1. The van der Waals surface area contributed by atoms with E-state index < -0.39 is 0 Å². The molecule has 1 saturated heterocycles. The SMILES string of the molecule is CN(Cc1ccc2nonc2c1)C(=O)NCC1(c2ccccc2)CCOCC1. The zero-order chi connectivity index (χ0) is 19.4. The summed E-state index contributed by atoms with van der Waals surface area (Å²) in [6, 6.07) is 16.0. The summed E-state index contributed by atoms with van der Waals surface area (Å²) in [6.07, 6.45) is 1.80. The first kappa shape index (κ1) is 18.4. The molecule has 1 aliphatic rings. The molecule has 1 fully saturated rings. The summed E-state index contributed by atoms with van der Waals surface area (Å²) in [5.41, 5.74) is 3.55. The number of benzene rings is 2. The smallest absolute Gasteiger partial charge is 0.317 e. The second-order valence-corrected chi connectivity index (χ2v) is 7.36. The lowest BCUT2D eigenvalue weighted by molar-refractivity contribution is 0.0502. The molecule has 4 rings (SSSR count). The number of nitrogens with zero attached hydrogens (tertiary/aromatic N) is 3. The van der Waals surface area contributed by atoms with Crippen LogP contribution in [0.4, 0.5) is 4.79 Å². The Morgan fingerprint density at radius 1 is 1.11 bits per heavy atom. The number of carbonyl (C=O) groups excluding carboxylic acids is 1. The molecule has 2 heterocycles. The molecule has 0 saturated carbocycles. The molecule has 0 spiro atoms. The largest absolute Gasteiger partial charge is 0.381 e. The van der Waals surface area contributed by atoms with Crippen molar-refractivity contribution in [1.29, 1.82) is 0 Å². The van der Waals surface area contributed by atoms with Gasteiger partial charge in [0.2, 0.25) is 0 Å². The monoisotopic (exact) mass is 380 g/mol. The normalized spacial score (nSPS) is 16.0. The Kier molecular flexibility index (Phi) is 5.25. The van der Waals surface area contributed by atoms with E-state index in [1.807, 2.05) is 24.3 Å². The third-order valence-electron chi connectivity index (χ3n) is 5.50. The highest BCUT2D eigenvalue weighted by Crippen LogP contribution is 2.34. The Bertz CT molecular complexity index is 935. The van der Waals surface area contributed by atoms with Crippen molar-refractivity contribution in [2.24, 2.45) is 0 Å². The quantitative estimate of drug-likeness (QED) is 0.736. The highest BCUT2D eigenvalue weighted by atomic mass is 16.6. The molecule has 2 aromatic carbocycles. The van der Waals surface area contributed by atoms with Gasteiger partial charge in [0.05, 0.1) is 0 Å². The molecule has 7 heteroatoms. The molecule has 1 N–H and O–H groups in total. The Hall–Kier alpha value is -2.93. The van der Waals surface area contributed by atoms with Crippen LogP contribution in [0, 0.1) is 0 Å². The number of fused-ring (bicyclic) bond motifs is 1. The van der Waals surface area contributed by atoms with Gasteiger partial charge in [0.1, 0.15) is 11.0 Å². The summed E-state index contributed by atoms with van der Waals surface area (Å²) < 4.78 is 10.3. The summed E-state index contributed by atoms with van der Waals surface area (Å²) in [4.78, 5) is 14.4. The van der Waals surface area contributed by atoms with Crippen LogP contribution in [0.2, 0.25) is 0 Å². The molecule has 0 atom stereocenters. The molecular weight excluding hydrogens is 356 g/mol. The number of hydrogen-bond donors (Lipinski definition) is 1. The fourth-order valence-electron chi connectivity index (χ4n) is 3.77. The van der Waals surface area contributed by atoms with Crippen molar-refractivity contribution >= 4 is 17.1 Å². The molecule has 146 valence electrons. The van der Waals surface area contributed by atoms with Crippen LogP contribution in [0.15, 0.2) is 53.2 Å². The van der Waals surface area contributed by atoms with Gasteiger partial charge in [-0.3, -0.25) is 0 Å². The lowest BCUT2D eigenvalue weighted by Crippen LogP contribution is -2.47. The van der Waals surface area contributed by atoms with Gasteiger partial charge in [0.15, 0.2) is 0 Å². The van der Waals surface area contributed by atoms with Crippen LogP contribution in [0.25, 0.3) is 11.0 Å². The van der Waals surface area contributed by atoms with Crippen LogP contribution in [0.3, 0.4) is 0 Å². The van der Waals surface area contributed by atoms with E-state index in [-0.39, 0.29) is 11.4 Å². The number of hydrogen-bond acceptors (Lipinski definition) is 5. The summed E-state index contributed by atoms with van der Waals surface area (Å²) in [5.74, 6) is 0. The second-order valence-electron chi connectivity index (χ2n) is 7.36. The van der Waals surface area contributed by atoms with E-state index in [0.29, 0.717) is 37.3 Å². The van der Waals surface area contributed by atoms with Crippen LogP contribution < -0.4 is 5.32 Å². The van der Waals surface area contributed by atoms with Gasteiger partial charge in [-0.05, 0) is 46.4 Å². The molecule has 0 bridgehead atoms. The number of carbonyl (C=O) groups is 1. The number of rotatable bonds is 5. The first-order valence-corrected chi connectivity index (χ1v) is 9.50. The molecule has 0 unspecified atom stereocenters.